The summed E-state index contributed by atoms with van der Waals surface area (Å²) in [6, 6.07) is 10.1. The van der Waals surface area contributed by atoms with Gasteiger partial charge in [0.05, 0.1) is 5.69 Å². The van der Waals surface area contributed by atoms with Gasteiger partial charge in [0, 0.05) is 42.5 Å². The maximum atomic E-state index is 12.7. The Morgan fingerprint density at radius 1 is 1.20 bits per heavy atom. The topological polar surface area (TPSA) is 66.1 Å². The molecular formula is C20H23N3O2. The summed E-state index contributed by atoms with van der Waals surface area (Å²) in [6.45, 7) is 2.03. The van der Waals surface area contributed by atoms with Crippen LogP contribution in [0.25, 0.3) is 11.4 Å². The van der Waals surface area contributed by atoms with Gasteiger partial charge in [-0.1, -0.05) is 37.3 Å². The summed E-state index contributed by atoms with van der Waals surface area (Å²) in [7, 11) is 0. The number of carbonyl (C=O) groups is 1. The third-order valence-electron chi connectivity index (χ3n) is 5.39. The highest BCUT2D eigenvalue weighted by molar-refractivity contribution is 5.77. The van der Waals surface area contributed by atoms with Crippen LogP contribution in [0, 0.1) is 0 Å². The molecule has 25 heavy (non-hydrogen) atoms. The highest BCUT2D eigenvalue weighted by Gasteiger charge is 2.40. The number of nitrogens with zero attached hydrogens (tertiary/aromatic N) is 2. The second-order valence-electron chi connectivity index (χ2n) is 7.05. The van der Waals surface area contributed by atoms with E-state index in [1.807, 2.05) is 42.2 Å². The number of nitrogens with one attached hydrogen (secondary N) is 1. The molecule has 0 aliphatic carbocycles. The molecule has 0 spiro atoms. The molecule has 5 nitrogen and oxygen atoms in total. The van der Waals surface area contributed by atoms with Gasteiger partial charge in [-0.3, -0.25) is 9.59 Å². The Labute approximate surface area is 147 Å². The van der Waals surface area contributed by atoms with E-state index in [-0.39, 0.29) is 23.6 Å². The van der Waals surface area contributed by atoms with E-state index >= 15 is 0 Å². The summed E-state index contributed by atoms with van der Waals surface area (Å²) in [6.07, 6.45) is 4.75. The quantitative estimate of drug-likeness (QED) is 0.936. The first-order valence-electron chi connectivity index (χ1n) is 9.16. The van der Waals surface area contributed by atoms with Crippen molar-refractivity contribution in [1.82, 2.24) is 14.9 Å². The smallest absolute Gasteiger partial charge is 0.254 e. The predicted octanol–water partition coefficient (Wildman–Crippen LogP) is 2.70. The first-order valence-corrected chi connectivity index (χ1v) is 9.16. The van der Waals surface area contributed by atoms with Crippen LogP contribution in [0.5, 0.6) is 0 Å². The van der Waals surface area contributed by atoms with Crippen LogP contribution in [0.1, 0.15) is 43.9 Å². The molecular weight excluding hydrogens is 314 g/mol. The van der Waals surface area contributed by atoms with E-state index in [1.54, 1.807) is 0 Å². The van der Waals surface area contributed by atoms with Gasteiger partial charge in [0.1, 0.15) is 5.82 Å². The van der Waals surface area contributed by atoms with Crippen molar-refractivity contribution in [2.24, 2.45) is 0 Å². The molecule has 0 unspecified atom stereocenters. The summed E-state index contributed by atoms with van der Waals surface area (Å²) in [4.78, 5) is 35.0. The number of aromatic nitrogens is 2. The van der Waals surface area contributed by atoms with Crippen LogP contribution >= 0.6 is 0 Å². The maximum Gasteiger partial charge on any atom is 0.254 e. The van der Waals surface area contributed by atoms with Crippen molar-refractivity contribution in [2.45, 2.75) is 57.5 Å². The van der Waals surface area contributed by atoms with E-state index in [4.69, 9.17) is 4.98 Å². The monoisotopic (exact) mass is 337 g/mol. The van der Waals surface area contributed by atoms with Crippen molar-refractivity contribution >= 4 is 5.91 Å². The number of hydrogen-bond donors (Lipinski definition) is 1. The van der Waals surface area contributed by atoms with Crippen LogP contribution in [0.4, 0.5) is 0 Å². The summed E-state index contributed by atoms with van der Waals surface area (Å²) in [5.74, 6) is 0.844. The van der Waals surface area contributed by atoms with Crippen molar-refractivity contribution in [3.63, 3.8) is 0 Å². The van der Waals surface area contributed by atoms with Crippen LogP contribution < -0.4 is 5.56 Å². The Morgan fingerprint density at radius 2 is 1.92 bits per heavy atom. The zero-order chi connectivity index (χ0) is 17.4. The fourth-order valence-corrected chi connectivity index (χ4v) is 4.23. The van der Waals surface area contributed by atoms with Crippen molar-refractivity contribution in [2.75, 3.05) is 0 Å². The molecule has 130 valence electrons. The Bertz CT molecular complexity index is 844. The minimum absolute atomic E-state index is 0.0562. The van der Waals surface area contributed by atoms with Crippen molar-refractivity contribution in [1.29, 1.82) is 0 Å². The molecule has 1 saturated heterocycles. The molecule has 2 aromatic rings. The number of hydrogen-bond acceptors (Lipinski definition) is 3. The maximum absolute atomic E-state index is 12.7. The van der Waals surface area contributed by atoms with Gasteiger partial charge in [0.15, 0.2) is 0 Å². The average Bonchev–Trinajstić information content (AvgIpc) is 2.91. The minimum Gasteiger partial charge on any atom is -0.336 e. The predicted molar refractivity (Wildman–Crippen MR) is 96.3 cm³/mol. The third kappa shape index (κ3) is 2.88. The van der Waals surface area contributed by atoms with Gasteiger partial charge < -0.3 is 9.88 Å². The fourth-order valence-electron chi connectivity index (χ4n) is 4.23. The summed E-state index contributed by atoms with van der Waals surface area (Å²) in [5, 5.41) is 0. The molecule has 1 amide bonds. The number of amides is 1. The third-order valence-corrected chi connectivity index (χ3v) is 5.39. The number of carbonyl (C=O) groups excluding carboxylic acids is 1. The Morgan fingerprint density at radius 3 is 2.64 bits per heavy atom. The molecule has 0 saturated carbocycles. The largest absolute Gasteiger partial charge is 0.336 e. The first kappa shape index (κ1) is 16.1. The van der Waals surface area contributed by atoms with E-state index < -0.39 is 0 Å². The lowest BCUT2D eigenvalue weighted by Crippen LogP contribution is -2.41. The lowest BCUT2D eigenvalue weighted by Gasteiger charge is -2.28. The van der Waals surface area contributed by atoms with Gasteiger partial charge in [-0.25, -0.2) is 4.98 Å². The zero-order valence-electron chi connectivity index (χ0n) is 14.5. The van der Waals surface area contributed by atoms with Crippen molar-refractivity contribution in [3.8, 4) is 11.4 Å². The second-order valence-corrected chi connectivity index (χ2v) is 7.05. The molecule has 2 atom stereocenters. The van der Waals surface area contributed by atoms with E-state index in [0.717, 1.165) is 36.1 Å². The molecule has 1 N–H and O–H groups in total. The van der Waals surface area contributed by atoms with Crippen molar-refractivity contribution in [3.05, 3.63) is 51.9 Å². The van der Waals surface area contributed by atoms with Gasteiger partial charge in [-0.2, -0.15) is 0 Å². The standard InChI is InChI=1S/C20H23N3O2/c1-2-6-18(24)23-14-9-10-15(23)12-17-16(11-14)20(25)22-19(21-17)13-7-4-3-5-8-13/h3-5,7-8,14-15H,2,6,9-12H2,1H3,(H,21,22,25)/t14-,15+/m1/s1. The number of fused-ring (bicyclic) bond motifs is 3. The molecule has 1 aromatic heterocycles. The van der Waals surface area contributed by atoms with Gasteiger partial charge in [-0.05, 0) is 19.3 Å². The first-order chi connectivity index (χ1) is 12.2. The molecule has 5 heteroatoms. The molecule has 3 heterocycles. The Hall–Kier alpha value is -2.43. The number of rotatable bonds is 3. The van der Waals surface area contributed by atoms with Gasteiger partial charge >= 0.3 is 0 Å². The van der Waals surface area contributed by atoms with E-state index in [1.165, 1.54) is 0 Å². The SMILES string of the molecule is CCCC(=O)N1[C@@H]2CC[C@H]1Cc1nc(-c3ccccc3)[nH]c(=O)c1C2. The number of aromatic amines is 1. The average molecular weight is 337 g/mol. The van der Waals surface area contributed by atoms with Gasteiger partial charge in [0.25, 0.3) is 5.56 Å². The van der Waals surface area contributed by atoms with Crippen LogP contribution in [-0.2, 0) is 17.6 Å². The fraction of sp³-hybridized carbons (Fsp3) is 0.450. The second kappa shape index (κ2) is 6.47. The van der Waals surface area contributed by atoms with Crippen LogP contribution in [0.2, 0.25) is 0 Å². The molecule has 1 fully saturated rings. The highest BCUT2D eigenvalue weighted by Crippen LogP contribution is 2.33. The Kier molecular flexibility index (Phi) is 4.15. The number of benzene rings is 1. The lowest BCUT2D eigenvalue weighted by molar-refractivity contribution is -0.133. The summed E-state index contributed by atoms with van der Waals surface area (Å²) < 4.78 is 0. The van der Waals surface area contributed by atoms with Gasteiger partial charge in [-0.15, -0.1) is 0 Å². The molecule has 2 bridgehead atoms. The van der Waals surface area contributed by atoms with E-state index in [0.29, 0.717) is 25.1 Å². The normalized spacial score (nSPS) is 21.7. The highest BCUT2D eigenvalue weighted by atomic mass is 16.2. The van der Waals surface area contributed by atoms with E-state index in [2.05, 4.69) is 4.98 Å². The van der Waals surface area contributed by atoms with E-state index in [9.17, 15) is 9.59 Å². The molecule has 2 aliphatic rings. The van der Waals surface area contributed by atoms with Crippen LogP contribution in [0.3, 0.4) is 0 Å². The minimum atomic E-state index is -0.0562. The zero-order valence-corrected chi connectivity index (χ0v) is 14.5. The molecule has 1 aromatic carbocycles. The summed E-state index contributed by atoms with van der Waals surface area (Å²) >= 11 is 0. The molecule has 2 aliphatic heterocycles. The molecule has 0 radical (unpaired) electrons. The van der Waals surface area contributed by atoms with Crippen LogP contribution in [0.15, 0.2) is 35.1 Å². The number of H-pyrrole nitrogens is 1. The van der Waals surface area contributed by atoms with Crippen LogP contribution in [-0.4, -0.2) is 32.9 Å². The summed E-state index contributed by atoms with van der Waals surface area (Å²) in [5.41, 5.74) is 2.49. The lowest BCUT2D eigenvalue weighted by atomic mass is 9.98. The molecule has 4 rings (SSSR count). The van der Waals surface area contributed by atoms with Gasteiger partial charge in [0.2, 0.25) is 5.91 Å². The Balaban J connectivity index is 1.72. The van der Waals surface area contributed by atoms with Crippen molar-refractivity contribution < 1.29 is 4.79 Å².